The van der Waals surface area contributed by atoms with Crippen LogP contribution in [-0.2, 0) is 29.5 Å². The summed E-state index contributed by atoms with van der Waals surface area (Å²) in [6, 6.07) is 0. The van der Waals surface area contributed by atoms with Gasteiger partial charge in [-0.1, -0.05) is 20.3 Å². The van der Waals surface area contributed by atoms with Crippen LogP contribution >= 0.6 is 0 Å². The van der Waals surface area contributed by atoms with Gasteiger partial charge in [-0.2, -0.15) is 5.10 Å². The maximum atomic E-state index is 12.3. The largest absolute Gasteiger partial charge is 0.342 e. The van der Waals surface area contributed by atoms with Crippen LogP contribution in [0.15, 0.2) is 0 Å². The van der Waals surface area contributed by atoms with Crippen LogP contribution in [-0.4, -0.2) is 39.6 Å². The summed E-state index contributed by atoms with van der Waals surface area (Å²) in [5.74, 6) is 0.914. The molecular weight excluding hydrogens is 292 g/mol. The molecule has 128 valence electrons. The predicted octanol–water partition coefficient (Wildman–Crippen LogP) is 2.28. The number of nitrogens with zero attached hydrogens (tertiary/aromatic N) is 3. The first-order chi connectivity index (χ1) is 11.1. The molecule has 0 aromatic carbocycles. The second kappa shape index (κ2) is 8.13. The van der Waals surface area contributed by atoms with Gasteiger partial charge in [-0.25, -0.2) is 0 Å². The highest BCUT2D eigenvalue weighted by atomic mass is 16.2. The quantitative estimate of drug-likeness (QED) is 0.874. The van der Waals surface area contributed by atoms with Gasteiger partial charge < -0.3 is 10.2 Å². The third-order valence-electron chi connectivity index (χ3n) is 4.45. The van der Waals surface area contributed by atoms with E-state index < -0.39 is 0 Å². The van der Waals surface area contributed by atoms with Gasteiger partial charge in [0.25, 0.3) is 0 Å². The van der Waals surface area contributed by atoms with Gasteiger partial charge in [0, 0.05) is 38.5 Å². The maximum absolute atomic E-state index is 12.3. The Hall–Kier alpha value is -1.85. The van der Waals surface area contributed by atoms with Crippen LogP contribution in [0.1, 0.15) is 57.2 Å². The zero-order valence-corrected chi connectivity index (χ0v) is 14.5. The molecule has 0 radical (unpaired) electrons. The van der Waals surface area contributed by atoms with Crippen molar-refractivity contribution in [2.75, 3.05) is 18.4 Å². The highest BCUT2D eigenvalue weighted by Gasteiger charge is 2.19. The summed E-state index contributed by atoms with van der Waals surface area (Å²) in [6.07, 6.45) is 5.76. The van der Waals surface area contributed by atoms with Crippen molar-refractivity contribution in [3.05, 3.63) is 11.3 Å². The second-order valence-electron chi connectivity index (χ2n) is 6.09. The second-order valence-corrected chi connectivity index (χ2v) is 6.09. The number of aryl methyl sites for hydroxylation is 2. The Morgan fingerprint density at radius 1 is 1.22 bits per heavy atom. The highest BCUT2D eigenvalue weighted by molar-refractivity contribution is 5.91. The minimum Gasteiger partial charge on any atom is -0.342 e. The Balaban J connectivity index is 1.94. The molecule has 1 saturated heterocycles. The first-order valence-corrected chi connectivity index (χ1v) is 8.69. The van der Waals surface area contributed by atoms with Crippen molar-refractivity contribution >= 4 is 17.6 Å². The van der Waals surface area contributed by atoms with E-state index >= 15 is 0 Å². The number of rotatable bonds is 6. The van der Waals surface area contributed by atoms with Gasteiger partial charge in [-0.3, -0.25) is 14.3 Å². The zero-order valence-electron chi connectivity index (χ0n) is 14.5. The molecular formula is C17H28N4O2. The molecule has 1 aliphatic heterocycles. The van der Waals surface area contributed by atoms with E-state index in [4.69, 9.17) is 0 Å². The summed E-state index contributed by atoms with van der Waals surface area (Å²) in [4.78, 5) is 26.1. The average molecular weight is 320 g/mol. The molecule has 23 heavy (non-hydrogen) atoms. The number of aromatic nitrogens is 2. The molecule has 6 heteroatoms. The molecule has 1 N–H and O–H groups in total. The molecule has 0 atom stereocenters. The third kappa shape index (κ3) is 4.33. The van der Waals surface area contributed by atoms with Crippen LogP contribution in [0.25, 0.3) is 0 Å². The van der Waals surface area contributed by atoms with Gasteiger partial charge in [0.2, 0.25) is 11.8 Å². The van der Waals surface area contributed by atoms with Gasteiger partial charge in [0.05, 0.1) is 5.69 Å². The molecule has 1 aromatic heterocycles. The summed E-state index contributed by atoms with van der Waals surface area (Å²) < 4.78 is 1.74. The molecule has 2 amide bonds. The molecule has 0 aliphatic carbocycles. The molecule has 2 heterocycles. The lowest BCUT2D eigenvalue weighted by Gasteiger charge is -2.20. The first kappa shape index (κ1) is 17.5. The molecule has 0 bridgehead atoms. The van der Waals surface area contributed by atoms with E-state index in [2.05, 4.69) is 24.3 Å². The lowest BCUT2D eigenvalue weighted by Crippen LogP contribution is -2.33. The van der Waals surface area contributed by atoms with Crippen LogP contribution in [0.4, 0.5) is 5.82 Å². The third-order valence-corrected chi connectivity index (χ3v) is 4.45. The summed E-state index contributed by atoms with van der Waals surface area (Å²) in [6.45, 7) is 5.42. The van der Waals surface area contributed by atoms with Gasteiger partial charge in [-0.15, -0.1) is 0 Å². The molecule has 1 aliphatic rings. The van der Waals surface area contributed by atoms with Gasteiger partial charge in [-0.05, 0) is 25.7 Å². The smallest absolute Gasteiger partial charge is 0.227 e. The minimum absolute atomic E-state index is 0.0533. The lowest BCUT2D eigenvalue weighted by molar-refractivity contribution is -0.131. The summed E-state index contributed by atoms with van der Waals surface area (Å²) in [5.41, 5.74) is 2.14. The van der Waals surface area contributed by atoms with Crippen molar-refractivity contribution in [1.82, 2.24) is 14.7 Å². The summed E-state index contributed by atoms with van der Waals surface area (Å²) in [5, 5.41) is 7.44. The fourth-order valence-corrected chi connectivity index (χ4v) is 3.14. The minimum atomic E-state index is -0.0533. The van der Waals surface area contributed by atoms with Crippen molar-refractivity contribution in [2.45, 2.75) is 58.8 Å². The Morgan fingerprint density at radius 3 is 2.70 bits per heavy atom. The topological polar surface area (TPSA) is 67.2 Å². The van der Waals surface area contributed by atoms with Crippen molar-refractivity contribution in [1.29, 1.82) is 0 Å². The van der Waals surface area contributed by atoms with Crippen LogP contribution < -0.4 is 5.32 Å². The maximum Gasteiger partial charge on any atom is 0.227 e. The fraction of sp³-hybridized carbons (Fsp3) is 0.706. The highest BCUT2D eigenvalue weighted by Crippen LogP contribution is 2.20. The molecule has 0 saturated carbocycles. The van der Waals surface area contributed by atoms with E-state index in [1.54, 1.807) is 4.68 Å². The predicted molar refractivity (Wildman–Crippen MR) is 90.3 cm³/mol. The van der Waals surface area contributed by atoms with Gasteiger partial charge >= 0.3 is 0 Å². The number of carbonyl (C=O) groups excluding carboxylic acids is 2. The first-order valence-electron chi connectivity index (χ1n) is 8.69. The monoisotopic (exact) mass is 320 g/mol. The van der Waals surface area contributed by atoms with E-state index in [1.807, 2.05) is 11.9 Å². The number of likely N-dealkylation sites (tertiary alicyclic amines) is 1. The lowest BCUT2D eigenvalue weighted by atomic mass is 10.1. The van der Waals surface area contributed by atoms with Crippen molar-refractivity contribution in [2.24, 2.45) is 7.05 Å². The van der Waals surface area contributed by atoms with Crippen molar-refractivity contribution in [3.63, 3.8) is 0 Å². The SMILES string of the molecule is CCc1nn(C)c(NC(=O)CCN2CCCCCC2=O)c1CC. The van der Waals surface area contributed by atoms with Crippen LogP contribution in [0, 0.1) is 0 Å². The van der Waals surface area contributed by atoms with Gasteiger partial charge in [0.1, 0.15) is 5.82 Å². The summed E-state index contributed by atoms with van der Waals surface area (Å²) >= 11 is 0. The number of anilines is 1. The number of hydrogen-bond acceptors (Lipinski definition) is 3. The normalized spacial score (nSPS) is 15.6. The Kier molecular flexibility index (Phi) is 6.19. The van der Waals surface area contributed by atoms with Crippen LogP contribution in [0.3, 0.4) is 0 Å². The Morgan fingerprint density at radius 2 is 2.00 bits per heavy atom. The van der Waals surface area contributed by atoms with E-state index in [0.717, 1.165) is 55.7 Å². The van der Waals surface area contributed by atoms with Crippen LogP contribution in [0.5, 0.6) is 0 Å². The zero-order chi connectivity index (χ0) is 16.8. The van der Waals surface area contributed by atoms with E-state index in [0.29, 0.717) is 19.4 Å². The Labute approximate surface area is 138 Å². The molecule has 2 rings (SSSR count). The van der Waals surface area contributed by atoms with E-state index in [9.17, 15) is 9.59 Å². The summed E-state index contributed by atoms with van der Waals surface area (Å²) in [7, 11) is 1.85. The fourth-order valence-electron chi connectivity index (χ4n) is 3.14. The molecule has 0 spiro atoms. The molecule has 1 aromatic rings. The van der Waals surface area contributed by atoms with Crippen molar-refractivity contribution < 1.29 is 9.59 Å². The van der Waals surface area contributed by atoms with E-state index in [1.165, 1.54) is 0 Å². The van der Waals surface area contributed by atoms with Crippen molar-refractivity contribution in [3.8, 4) is 0 Å². The average Bonchev–Trinajstić information content (AvgIpc) is 2.69. The molecule has 1 fully saturated rings. The number of hydrogen-bond donors (Lipinski definition) is 1. The van der Waals surface area contributed by atoms with Gasteiger partial charge in [0.15, 0.2) is 0 Å². The number of carbonyl (C=O) groups is 2. The van der Waals surface area contributed by atoms with Crippen LogP contribution in [0.2, 0.25) is 0 Å². The molecule has 6 nitrogen and oxygen atoms in total. The Bertz CT molecular complexity index is 565. The molecule has 0 unspecified atom stereocenters. The number of nitrogens with one attached hydrogen (secondary N) is 1. The number of amides is 2. The van der Waals surface area contributed by atoms with E-state index in [-0.39, 0.29) is 11.8 Å². The standard InChI is InChI=1S/C17H28N4O2/c1-4-13-14(5-2)19-20(3)17(13)18-15(22)10-12-21-11-8-6-7-9-16(21)23/h4-12H2,1-3H3,(H,18,22).